The Bertz CT molecular complexity index is 478. The van der Waals surface area contributed by atoms with Crippen LogP contribution in [0.25, 0.3) is 0 Å². The third-order valence-corrected chi connectivity index (χ3v) is 5.11. The molecule has 0 aliphatic carbocycles. The van der Waals surface area contributed by atoms with Gasteiger partial charge in [-0.05, 0) is 64.3 Å². The Balaban J connectivity index is 1.81. The summed E-state index contributed by atoms with van der Waals surface area (Å²) >= 11 is 3.45. The summed E-state index contributed by atoms with van der Waals surface area (Å²) in [6.45, 7) is 5.78. The maximum absolute atomic E-state index is 12.6. The molecule has 1 aliphatic heterocycles. The number of halogens is 1. The summed E-state index contributed by atoms with van der Waals surface area (Å²) in [7, 11) is 2.04. The van der Waals surface area contributed by atoms with Crippen LogP contribution in [-0.2, 0) is 11.2 Å². The number of likely N-dealkylation sites (tertiary alicyclic amines) is 1. The smallest absolute Gasteiger partial charge is 0.237 e. The van der Waals surface area contributed by atoms with Crippen molar-refractivity contribution < 1.29 is 4.79 Å². The number of carbonyl (C=O) groups is 1. The Hall–Kier alpha value is -0.870. The average molecular weight is 367 g/mol. The monoisotopic (exact) mass is 366 g/mol. The van der Waals surface area contributed by atoms with E-state index >= 15 is 0 Å². The van der Waals surface area contributed by atoms with Gasteiger partial charge in [0.1, 0.15) is 0 Å². The summed E-state index contributed by atoms with van der Waals surface area (Å²) in [4.78, 5) is 16.8. The van der Waals surface area contributed by atoms with Crippen LogP contribution in [0.2, 0.25) is 0 Å². The molecule has 0 bridgehead atoms. The van der Waals surface area contributed by atoms with E-state index in [1.165, 1.54) is 12.0 Å². The van der Waals surface area contributed by atoms with Gasteiger partial charge in [0.05, 0.1) is 6.54 Å². The molecule has 1 saturated heterocycles. The second-order valence-electron chi connectivity index (χ2n) is 6.54. The summed E-state index contributed by atoms with van der Waals surface area (Å²) in [5.74, 6) is 0.276. The quantitative estimate of drug-likeness (QED) is 0.792. The minimum absolute atomic E-state index is 0.276. The summed E-state index contributed by atoms with van der Waals surface area (Å²) in [5.41, 5.74) is 1.31. The van der Waals surface area contributed by atoms with Gasteiger partial charge in [0.15, 0.2) is 0 Å². The molecule has 4 heteroatoms. The minimum Gasteiger partial charge on any atom is -0.336 e. The lowest BCUT2D eigenvalue weighted by atomic mass is 9.97. The lowest BCUT2D eigenvalue weighted by molar-refractivity contribution is -0.138. The van der Waals surface area contributed by atoms with Gasteiger partial charge < -0.3 is 4.90 Å². The molecular formula is C18H27BrN2O. The summed E-state index contributed by atoms with van der Waals surface area (Å²) in [6, 6.07) is 9.17. The van der Waals surface area contributed by atoms with E-state index in [2.05, 4.69) is 63.8 Å². The number of hydrogen-bond acceptors (Lipinski definition) is 2. The van der Waals surface area contributed by atoms with Crippen LogP contribution in [0, 0.1) is 0 Å². The molecule has 1 heterocycles. The fraction of sp³-hybridized carbons (Fsp3) is 0.611. The van der Waals surface area contributed by atoms with Crippen molar-refractivity contribution >= 4 is 21.8 Å². The summed E-state index contributed by atoms with van der Waals surface area (Å²) in [6.07, 6.45) is 4.49. The van der Waals surface area contributed by atoms with E-state index in [0.29, 0.717) is 18.6 Å². The molecular weight excluding hydrogens is 340 g/mol. The molecule has 0 radical (unpaired) electrons. The Morgan fingerprint density at radius 1 is 1.23 bits per heavy atom. The minimum atomic E-state index is 0.276. The zero-order valence-corrected chi connectivity index (χ0v) is 15.5. The van der Waals surface area contributed by atoms with Crippen molar-refractivity contribution in [3.05, 3.63) is 34.3 Å². The molecule has 0 N–H and O–H groups in total. The number of carbonyl (C=O) groups excluding carboxylic acids is 1. The Morgan fingerprint density at radius 3 is 2.41 bits per heavy atom. The van der Waals surface area contributed by atoms with Crippen LogP contribution in [0.4, 0.5) is 0 Å². The Labute approximate surface area is 142 Å². The number of benzene rings is 1. The first kappa shape index (κ1) is 17.5. The van der Waals surface area contributed by atoms with Crippen LogP contribution in [0.5, 0.6) is 0 Å². The van der Waals surface area contributed by atoms with Crippen LogP contribution in [0.15, 0.2) is 28.7 Å². The molecule has 1 aromatic carbocycles. The number of nitrogens with zero attached hydrogens (tertiary/aromatic N) is 2. The normalized spacial score (nSPS) is 22.1. The van der Waals surface area contributed by atoms with Crippen molar-refractivity contribution in [1.29, 1.82) is 0 Å². The van der Waals surface area contributed by atoms with Gasteiger partial charge in [0.2, 0.25) is 5.91 Å². The van der Waals surface area contributed by atoms with Gasteiger partial charge in [-0.25, -0.2) is 0 Å². The molecule has 0 spiro atoms. The molecule has 122 valence electrons. The van der Waals surface area contributed by atoms with E-state index in [0.717, 1.165) is 30.3 Å². The molecule has 2 atom stereocenters. The first-order chi connectivity index (χ1) is 10.5. The number of hydrogen-bond donors (Lipinski definition) is 0. The zero-order valence-electron chi connectivity index (χ0n) is 13.9. The van der Waals surface area contributed by atoms with Crippen LogP contribution in [-0.4, -0.2) is 47.9 Å². The lowest BCUT2D eigenvalue weighted by Gasteiger charge is -2.39. The Kier molecular flexibility index (Phi) is 6.45. The molecule has 1 aliphatic rings. The van der Waals surface area contributed by atoms with Crippen LogP contribution in [0.3, 0.4) is 0 Å². The predicted octanol–water partition coefficient (Wildman–Crippen LogP) is 3.71. The van der Waals surface area contributed by atoms with E-state index < -0.39 is 0 Å². The van der Waals surface area contributed by atoms with Crippen LogP contribution in [0.1, 0.15) is 38.7 Å². The highest BCUT2D eigenvalue weighted by Gasteiger charge is 2.29. The van der Waals surface area contributed by atoms with E-state index in [1.807, 2.05) is 7.05 Å². The van der Waals surface area contributed by atoms with Crippen molar-refractivity contribution in [2.75, 3.05) is 20.1 Å². The molecule has 2 rings (SSSR count). The molecule has 1 fully saturated rings. The second-order valence-corrected chi connectivity index (χ2v) is 7.46. The highest BCUT2D eigenvalue weighted by molar-refractivity contribution is 9.10. The zero-order chi connectivity index (χ0) is 16.1. The highest BCUT2D eigenvalue weighted by atomic mass is 79.9. The van der Waals surface area contributed by atoms with E-state index in [1.54, 1.807) is 0 Å². The van der Waals surface area contributed by atoms with Crippen molar-refractivity contribution in [2.45, 2.75) is 51.6 Å². The number of amides is 1. The predicted molar refractivity (Wildman–Crippen MR) is 95.0 cm³/mol. The van der Waals surface area contributed by atoms with Crippen molar-refractivity contribution in [1.82, 2.24) is 9.80 Å². The largest absolute Gasteiger partial charge is 0.336 e. The first-order valence-electron chi connectivity index (χ1n) is 8.21. The van der Waals surface area contributed by atoms with Gasteiger partial charge in [-0.15, -0.1) is 0 Å². The molecule has 22 heavy (non-hydrogen) atoms. The van der Waals surface area contributed by atoms with Crippen molar-refractivity contribution in [3.8, 4) is 0 Å². The fourth-order valence-corrected chi connectivity index (χ4v) is 3.54. The SMILES string of the molecule is CC1CCCC(C)N1C(=O)CN(C)CCc1ccc(Br)cc1. The van der Waals surface area contributed by atoms with E-state index in [9.17, 15) is 4.79 Å². The number of rotatable bonds is 5. The van der Waals surface area contributed by atoms with Gasteiger partial charge in [0, 0.05) is 23.1 Å². The van der Waals surface area contributed by atoms with Gasteiger partial charge in [0.25, 0.3) is 0 Å². The molecule has 3 nitrogen and oxygen atoms in total. The summed E-state index contributed by atoms with van der Waals surface area (Å²) < 4.78 is 1.10. The van der Waals surface area contributed by atoms with Crippen molar-refractivity contribution in [2.24, 2.45) is 0 Å². The molecule has 1 amide bonds. The van der Waals surface area contributed by atoms with Gasteiger partial charge in [-0.1, -0.05) is 28.1 Å². The van der Waals surface area contributed by atoms with Crippen molar-refractivity contribution in [3.63, 3.8) is 0 Å². The standard InChI is InChI=1S/C18H27BrN2O/c1-14-5-4-6-15(2)21(14)18(22)13-20(3)12-11-16-7-9-17(19)10-8-16/h7-10,14-15H,4-6,11-13H2,1-3H3. The van der Waals surface area contributed by atoms with E-state index in [-0.39, 0.29) is 5.91 Å². The first-order valence-corrected chi connectivity index (χ1v) is 9.01. The second kappa shape index (κ2) is 8.11. The molecule has 2 unspecified atom stereocenters. The highest BCUT2D eigenvalue weighted by Crippen LogP contribution is 2.22. The van der Waals surface area contributed by atoms with Crippen LogP contribution < -0.4 is 0 Å². The molecule has 0 saturated carbocycles. The number of piperidine rings is 1. The molecule has 0 aromatic heterocycles. The molecule has 1 aromatic rings. The van der Waals surface area contributed by atoms with Gasteiger partial charge in [-0.2, -0.15) is 0 Å². The van der Waals surface area contributed by atoms with E-state index in [4.69, 9.17) is 0 Å². The van der Waals surface area contributed by atoms with Crippen LogP contribution >= 0.6 is 15.9 Å². The number of likely N-dealkylation sites (N-methyl/N-ethyl adjacent to an activating group) is 1. The average Bonchev–Trinajstić information content (AvgIpc) is 2.46. The topological polar surface area (TPSA) is 23.6 Å². The van der Waals surface area contributed by atoms with Gasteiger partial charge >= 0.3 is 0 Å². The maximum Gasteiger partial charge on any atom is 0.237 e. The lowest BCUT2D eigenvalue weighted by Crippen LogP contribution is -2.50. The van der Waals surface area contributed by atoms with Gasteiger partial charge in [-0.3, -0.25) is 9.69 Å². The third-order valence-electron chi connectivity index (χ3n) is 4.58. The Morgan fingerprint density at radius 2 is 1.82 bits per heavy atom. The fourth-order valence-electron chi connectivity index (χ4n) is 3.28. The third kappa shape index (κ3) is 4.82. The maximum atomic E-state index is 12.6. The summed E-state index contributed by atoms with van der Waals surface area (Å²) in [5, 5.41) is 0.